The molecule has 19 heavy (non-hydrogen) atoms. The molecular weight excluding hydrogens is 244 g/mol. The quantitative estimate of drug-likeness (QED) is 0.752. The van der Waals surface area contributed by atoms with Crippen molar-refractivity contribution < 1.29 is 14.6 Å². The molecule has 0 atom stereocenters. The van der Waals surface area contributed by atoms with E-state index in [1.165, 1.54) is 6.42 Å². The molecule has 0 spiro atoms. The largest absolute Gasteiger partial charge is 0.444 e. The minimum absolute atomic E-state index is 0.107. The Hall–Kier alpha value is -0.810. The third kappa shape index (κ3) is 3.39. The highest BCUT2D eigenvalue weighted by atomic mass is 16.6. The van der Waals surface area contributed by atoms with Crippen LogP contribution in [0.15, 0.2) is 0 Å². The van der Waals surface area contributed by atoms with Gasteiger partial charge in [0.25, 0.3) is 0 Å². The van der Waals surface area contributed by atoms with Crippen LogP contribution in [0.4, 0.5) is 4.79 Å². The van der Waals surface area contributed by atoms with Crippen molar-refractivity contribution in [2.24, 2.45) is 0 Å². The van der Waals surface area contributed by atoms with Crippen LogP contribution in [0.2, 0.25) is 0 Å². The van der Waals surface area contributed by atoms with Crippen molar-refractivity contribution in [1.29, 1.82) is 0 Å². The van der Waals surface area contributed by atoms with E-state index in [9.17, 15) is 9.90 Å². The Kier molecular flexibility index (Phi) is 4.06. The first-order chi connectivity index (χ1) is 8.82. The molecule has 2 rings (SSSR count). The number of rotatable bonds is 2. The standard InChI is InChI=1S/C14H26N2O3/c1-13(2,3)19-12(17)16(14(18)9-15-10-14)11-7-5-4-6-8-11/h11,15,18H,4-10H2,1-3H3. The van der Waals surface area contributed by atoms with E-state index in [0.717, 1.165) is 25.7 Å². The summed E-state index contributed by atoms with van der Waals surface area (Å²) in [6, 6.07) is 0.107. The summed E-state index contributed by atoms with van der Waals surface area (Å²) in [5.41, 5.74) is -1.60. The molecule has 1 heterocycles. The number of ether oxygens (including phenoxy) is 1. The highest BCUT2D eigenvalue weighted by Gasteiger charge is 2.48. The lowest BCUT2D eigenvalue weighted by Gasteiger charge is -2.50. The molecule has 0 bridgehead atoms. The topological polar surface area (TPSA) is 61.8 Å². The Balaban J connectivity index is 2.11. The first-order valence-corrected chi connectivity index (χ1v) is 7.27. The third-order valence-corrected chi connectivity index (χ3v) is 3.79. The fourth-order valence-electron chi connectivity index (χ4n) is 2.83. The normalized spacial score (nSPS) is 23.6. The molecule has 0 aromatic rings. The predicted molar refractivity (Wildman–Crippen MR) is 72.8 cm³/mol. The Morgan fingerprint density at radius 2 is 1.84 bits per heavy atom. The summed E-state index contributed by atoms with van der Waals surface area (Å²) in [5.74, 6) is 0. The van der Waals surface area contributed by atoms with Crippen molar-refractivity contribution in [2.45, 2.75) is 70.2 Å². The Morgan fingerprint density at radius 1 is 1.26 bits per heavy atom. The number of aliphatic hydroxyl groups is 1. The molecule has 1 amide bonds. The summed E-state index contributed by atoms with van der Waals surface area (Å²) >= 11 is 0. The number of carbonyl (C=O) groups is 1. The molecule has 1 aliphatic carbocycles. The van der Waals surface area contributed by atoms with Crippen LogP contribution in [-0.4, -0.2) is 46.6 Å². The number of hydrogen-bond acceptors (Lipinski definition) is 4. The van der Waals surface area contributed by atoms with Crippen LogP contribution in [0.5, 0.6) is 0 Å². The molecule has 0 aromatic carbocycles. The predicted octanol–water partition coefficient (Wildman–Crippen LogP) is 1.85. The molecule has 0 unspecified atom stereocenters. The van der Waals surface area contributed by atoms with Gasteiger partial charge in [-0.3, -0.25) is 4.90 Å². The Labute approximate surface area is 115 Å². The van der Waals surface area contributed by atoms with Gasteiger partial charge >= 0.3 is 6.09 Å². The average Bonchev–Trinajstić information content (AvgIpc) is 2.26. The van der Waals surface area contributed by atoms with E-state index in [1.807, 2.05) is 20.8 Å². The number of β-amino-alcohol motifs (C(OH)–C–C–N with tert-alkyl or cyclic N) is 1. The first-order valence-electron chi connectivity index (χ1n) is 7.27. The van der Waals surface area contributed by atoms with Gasteiger partial charge in [0, 0.05) is 19.1 Å². The molecule has 1 saturated heterocycles. The van der Waals surface area contributed by atoms with Gasteiger partial charge in [-0.25, -0.2) is 4.79 Å². The fraction of sp³-hybridized carbons (Fsp3) is 0.929. The summed E-state index contributed by atoms with van der Waals surface area (Å²) in [4.78, 5) is 14.0. The number of nitrogens with one attached hydrogen (secondary N) is 1. The number of hydrogen-bond donors (Lipinski definition) is 2. The maximum atomic E-state index is 12.4. The van der Waals surface area contributed by atoms with E-state index < -0.39 is 11.3 Å². The van der Waals surface area contributed by atoms with E-state index in [2.05, 4.69) is 5.32 Å². The van der Waals surface area contributed by atoms with Gasteiger partial charge in [0.05, 0.1) is 0 Å². The van der Waals surface area contributed by atoms with Gasteiger partial charge in [0.15, 0.2) is 5.72 Å². The molecule has 0 radical (unpaired) electrons. The van der Waals surface area contributed by atoms with Crippen LogP contribution in [0.25, 0.3) is 0 Å². The summed E-state index contributed by atoms with van der Waals surface area (Å²) in [5, 5.41) is 13.6. The van der Waals surface area contributed by atoms with Gasteiger partial charge in [-0.05, 0) is 33.6 Å². The minimum atomic E-state index is -1.07. The van der Waals surface area contributed by atoms with E-state index >= 15 is 0 Å². The van der Waals surface area contributed by atoms with Crippen molar-refractivity contribution in [2.75, 3.05) is 13.1 Å². The van der Waals surface area contributed by atoms with E-state index in [4.69, 9.17) is 4.74 Å². The van der Waals surface area contributed by atoms with Gasteiger partial charge in [0.1, 0.15) is 5.60 Å². The fourth-order valence-corrected chi connectivity index (χ4v) is 2.83. The van der Waals surface area contributed by atoms with Crippen LogP contribution in [-0.2, 0) is 4.74 Å². The van der Waals surface area contributed by atoms with Crippen LogP contribution in [0.3, 0.4) is 0 Å². The summed E-state index contributed by atoms with van der Waals surface area (Å²) in [6.07, 6.45) is 4.99. The van der Waals surface area contributed by atoms with Crippen molar-refractivity contribution in [3.63, 3.8) is 0 Å². The second kappa shape index (κ2) is 5.29. The number of amides is 1. The molecule has 2 aliphatic rings. The van der Waals surface area contributed by atoms with Gasteiger partial charge in [0.2, 0.25) is 0 Å². The number of nitrogens with zero attached hydrogens (tertiary/aromatic N) is 1. The van der Waals surface area contributed by atoms with Crippen molar-refractivity contribution in [1.82, 2.24) is 10.2 Å². The summed E-state index contributed by atoms with van der Waals surface area (Å²) < 4.78 is 5.47. The third-order valence-electron chi connectivity index (χ3n) is 3.79. The van der Waals surface area contributed by atoms with Crippen LogP contribution >= 0.6 is 0 Å². The molecule has 5 nitrogen and oxygen atoms in total. The SMILES string of the molecule is CC(C)(C)OC(=O)N(C1CCCCC1)C1(O)CNC1. The first kappa shape index (κ1) is 14.6. The molecular formula is C14H26N2O3. The maximum absolute atomic E-state index is 12.4. The lowest BCUT2D eigenvalue weighted by atomic mass is 9.91. The Morgan fingerprint density at radius 3 is 2.26 bits per heavy atom. The molecule has 0 aromatic heterocycles. The van der Waals surface area contributed by atoms with Crippen molar-refractivity contribution in [3.8, 4) is 0 Å². The van der Waals surface area contributed by atoms with Crippen LogP contribution in [0, 0.1) is 0 Å². The molecule has 110 valence electrons. The van der Waals surface area contributed by atoms with Gasteiger partial charge in [-0.1, -0.05) is 19.3 Å². The van der Waals surface area contributed by atoms with Gasteiger partial charge in [-0.2, -0.15) is 0 Å². The highest BCUT2D eigenvalue weighted by molar-refractivity contribution is 5.69. The number of carbonyl (C=O) groups excluding carboxylic acids is 1. The zero-order valence-electron chi connectivity index (χ0n) is 12.2. The zero-order valence-corrected chi connectivity index (χ0v) is 12.2. The van der Waals surface area contributed by atoms with Gasteiger partial charge in [-0.15, -0.1) is 0 Å². The lowest BCUT2D eigenvalue weighted by Crippen LogP contribution is -2.72. The summed E-state index contributed by atoms with van der Waals surface area (Å²) in [7, 11) is 0. The van der Waals surface area contributed by atoms with Crippen LogP contribution in [0.1, 0.15) is 52.9 Å². The molecule has 1 saturated carbocycles. The smallest absolute Gasteiger partial charge is 0.412 e. The molecule has 1 aliphatic heterocycles. The van der Waals surface area contributed by atoms with Crippen molar-refractivity contribution in [3.05, 3.63) is 0 Å². The zero-order chi connectivity index (χ0) is 14.1. The molecule has 5 heteroatoms. The maximum Gasteiger partial charge on any atom is 0.412 e. The van der Waals surface area contributed by atoms with Crippen LogP contribution < -0.4 is 5.32 Å². The van der Waals surface area contributed by atoms with Gasteiger partial charge < -0.3 is 15.2 Å². The van der Waals surface area contributed by atoms with E-state index in [1.54, 1.807) is 4.90 Å². The second-order valence-corrected chi connectivity index (χ2v) is 6.73. The van der Waals surface area contributed by atoms with E-state index in [-0.39, 0.29) is 12.1 Å². The van der Waals surface area contributed by atoms with E-state index in [0.29, 0.717) is 13.1 Å². The van der Waals surface area contributed by atoms with Crippen molar-refractivity contribution >= 4 is 6.09 Å². The minimum Gasteiger partial charge on any atom is -0.444 e. The molecule has 2 fully saturated rings. The highest BCUT2D eigenvalue weighted by Crippen LogP contribution is 2.31. The lowest BCUT2D eigenvalue weighted by molar-refractivity contribution is -0.155. The molecule has 2 N–H and O–H groups in total. The monoisotopic (exact) mass is 270 g/mol. The Bertz CT molecular complexity index is 328. The average molecular weight is 270 g/mol. The summed E-state index contributed by atoms with van der Waals surface area (Å²) in [6.45, 7) is 6.43. The second-order valence-electron chi connectivity index (χ2n) is 6.73.